The minimum Gasteiger partial charge on any atom is -0.312 e. The highest BCUT2D eigenvalue weighted by molar-refractivity contribution is 6.33. The average molecular weight is 329 g/mol. The van der Waals surface area contributed by atoms with E-state index in [4.69, 9.17) is 23.2 Å². The molecule has 1 unspecified atom stereocenters. The topological polar surface area (TPSA) is 15.3 Å². The fourth-order valence-electron chi connectivity index (χ4n) is 3.25. The summed E-state index contributed by atoms with van der Waals surface area (Å²) < 4.78 is 0. The van der Waals surface area contributed by atoms with Gasteiger partial charge in [-0.1, -0.05) is 30.1 Å². The fraction of sp³-hybridized carbons (Fsp3) is 0.647. The van der Waals surface area contributed by atoms with Crippen LogP contribution in [0.1, 0.15) is 39.2 Å². The van der Waals surface area contributed by atoms with Crippen LogP contribution >= 0.6 is 23.2 Å². The van der Waals surface area contributed by atoms with Crippen LogP contribution in [0.5, 0.6) is 0 Å². The number of hydrogen-bond acceptors (Lipinski definition) is 2. The predicted molar refractivity (Wildman–Crippen MR) is 92.5 cm³/mol. The minimum atomic E-state index is 0.109. The molecule has 0 saturated carbocycles. The van der Waals surface area contributed by atoms with Crippen molar-refractivity contribution < 1.29 is 0 Å². The van der Waals surface area contributed by atoms with E-state index in [1.165, 1.54) is 25.9 Å². The van der Waals surface area contributed by atoms with Gasteiger partial charge in [0.15, 0.2) is 0 Å². The van der Waals surface area contributed by atoms with Crippen LogP contribution in [0.3, 0.4) is 0 Å². The number of halogens is 2. The Morgan fingerprint density at radius 1 is 1.24 bits per heavy atom. The highest BCUT2D eigenvalue weighted by Gasteiger charge is 2.36. The smallest absolute Gasteiger partial charge is 0.0439 e. The Morgan fingerprint density at radius 2 is 1.90 bits per heavy atom. The number of rotatable bonds is 6. The van der Waals surface area contributed by atoms with Crippen LogP contribution in [-0.2, 0) is 6.42 Å². The molecule has 1 N–H and O–H groups in total. The molecular weight excluding hydrogens is 303 g/mol. The van der Waals surface area contributed by atoms with Crippen molar-refractivity contribution in [1.82, 2.24) is 10.2 Å². The first-order valence-electron chi connectivity index (χ1n) is 7.87. The van der Waals surface area contributed by atoms with Gasteiger partial charge in [-0.05, 0) is 76.5 Å². The van der Waals surface area contributed by atoms with Crippen LogP contribution in [0.25, 0.3) is 0 Å². The summed E-state index contributed by atoms with van der Waals surface area (Å²) in [6, 6.07) is 6.09. The van der Waals surface area contributed by atoms with E-state index in [1.54, 1.807) is 0 Å². The molecule has 0 amide bonds. The number of likely N-dealkylation sites (N-methyl/N-ethyl adjacent to an activating group) is 1. The number of nitrogens with one attached hydrogen (secondary N) is 1. The quantitative estimate of drug-likeness (QED) is 0.833. The molecule has 0 aliphatic carbocycles. The predicted octanol–water partition coefficient (Wildman–Crippen LogP) is 4.39. The molecular formula is C17H26Cl2N2. The first-order valence-corrected chi connectivity index (χ1v) is 8.63. The van der Waals surface area contributed by atoms with Crippen molar-refractivity contribution in [1.29, 1.82) is 0 Å². The lowest BCUT2D eigenvalue weighted by Gasteiger charge is -2.43. The number of hydrogen-bond donors (Lipinski definition) is 1. The standard InChI is InChI=1S/C17H26Cl2N2/c1-4-20-16(17(2,3)21-9-5-6-10-21)12-13-11-14(18)7-8-15(13)19/h7-8,11,16,20H,4-6,9-10,12H2,1-3H3. The minimum absolute atomic E-state index is 0.109. The maximum absolute atomic E-state index is 6.35. The highest BCUT2D eigenvalue weighted by atomic mass is 35.5. The van der Waals surface area contributed by atoms with Crippen molar-refractivity contribution in [2.45, 2.75) is 51.6 Å². The summed E-state index contributed by atoms with van der Waals surface area (Å²) >= 11 is 12.5. The van der Waals surface area contributed by atoms with Gasteiger partial charge in [0, 0.05) is 21.6 Å². The summed E-state index contributed by atoms with van der Waals surface area (Å²) in [5.74, 6) is 0. The van der Waals surface area contributed by atoms with Crippen molar-refractivity contribution in [3.8, 4) is 0 Å². The molecule has 1 saturated heterocycles. The monoisotopic (exact) mass is 328 g/mol. The zero-order valence-corrected chi connectivity index (χ0v) is 14.8. The molecule has 0 radical (unpaired) electrons. The second-order valence-electron chi connectivity index (χ2n) is 6.40. The molecule has 1 aliphatic rings. The van der Waals surface area contributed by atoms with Crippen molar-refractivity contribution in [2.75, 3.05) is 19.6 Å². The third kappa shape index (κ3) is 4.13. The molecule has 2 rings (SSSR count). The Morgan fingerprint density at radius 3 is 2.52 bits per heavy atom. The second-order valence-corrected chi connectivity index (χ2v) is 7.24. The molecule has 1 aromatic rings. The van der Waals surface area contributed by atoms with Crippen molar-refractivity contribution in [3.63, 3.8) is 0 Å². The molecule has 118 valence electrons. The van der Waals surface area contributed by atoms with E-state index in [1.807, 2.05) is 18.2 Å². The maximum atomic E-state index is 6.35. The van der Waals surface area contributed by atoms with Gasteiger partial charge >= 0.3 is 0 Å². The van der Waals surface area contributed by atoms with E-state index in [2.05, 4.69) is 31.0 Å². The van der Waals surface area contributed by atoms with Crippen LogP contribution in [-0.4, -0.2) is 36.1 Å². The first kappa shape index (κ1) is 17.1. The van der Waals surface area contributed by atoms with Crippen molar-refractivity contribution >= 4 is 23.2 Å². The third-order valence-corrected chi connectivity index (χ3v) is 5.26. The van der Waals surface area contributed by atoms with Crippen LogP contribution in [0, 0.1) is 0 Å². The number of benzene rings is 1. The Labute approximate surface area is 138 Å². The van der Waals surface area contributed by atoms with Gasteiger partial charge in [0.1, 0.15) is 0 Å². The number of likely N-dealkylation sites (tertiary alicyclic amines) is 1. The largest absolute Gasteiger partial charge is 0.312 e. The van der Waals surface area contributed by atoms with E-state index >= 15 is 0 Å². The summed E-state index contributed by atoms with van der Waals surface area (Å²) in [7, 11) is 0. The molecule has 1 fully saturated rings. The summed E-state index contributed by atoms with van der Waals surface area (Å²) in [6.45, 7) is 10.2. The molecule has 21 heavy (non-hydrogen) atoms. The molecule has 0 spiro atoms. The zero-order valence-electron chi connectivity index (χ0n) is 13.3. The summed E-state index contributed by atoms with van der Waals surface area (Å²) in [6.07, 6.45) is 3.51. The molecule has 1 heterocycles. The lowest BCUT2D eigenvalue weighted by molar-refractivity contribution is 0.107. The van der Waals surface area contributed by atoms with E-state index in [0.29, 0.717) is 6.04 Å². The Kier molecular flexibility index (Phi) is 5.96. The molecule has 0 bridgehead atoms. The Bertz CT molecular complexity index is 468. The first-order chi connectivity index (χ1) is 9.95. The van der Waals surface area contributed by atoms with Crippen molar-refractivity contribution in [3.05, 3.63) is 33.8 Å². The molecule has 0 aromatic heterocycles. The van der Waals surface area contributed by atoms with E-state index in [0.717, 1.165) is 28.6 Å². The molecule has 4 heteroatoms. The van der Waals surface area contributed by atoms with Gasteiger partial charge in [0.2, 0.25) is 0 Å². The normalized spacial score (nSPS) is 18.1. The van der Waals surface area contributed by atoms with Crippen LogP contribution in [0.4, 0.5) is 0 Å². The second kappa shape index (κ2) is 7.32. The van der Waals surface area contributed by atoms with E-state index in [9.17, 15) is 0 Å². The fourth-order valence-corrected chi connectivity index (χ4v) is 3.64. The van der Waals surface area contributed by atoms with Crippen molar-refractivity contribution in [2.24, 2.45) is 0 Å². The average Bonchev–Trinajstić information content (AvgIpc) is 2.97. The molecule has 1 atom stereocenters. The van der Waals surface area contributed by atoms with Crippen LogP contribution in [0.2, 0.25) is 10.0 Å². The van der Waals surface area contributed by atoms with Crippen LogP contribution in [0.15, 0.2) is 18.2 Å². The maximum Gasteiger partial charge on any atom is 0.0439 e. The SMILES string of the molecule is CCNC(Cc1cc(Cl)ccc1Cl)C(C)(C)N1CCCC1. The van der Waals surface area contributed by atoms with Gasteiger partial charge in [-0.15, -0.1) is 0 Å². The Hall–Kier alpha value is -0.280. The zero-order chi connectivity index (χ0) is 15.5. The Balaban J connectivity index is 2.19. The van der Waals surface area contributed by atoms with E-state index < -0.39 is 0 Å². The van der Waals surface area contributed by atoms with Gasteiger partial charge in [-0.25, -0.2) is 0 Å². The highest BCUT2D eigenvalue weighted by Crippen LogP contribution is 2.29. The summed E-state index contributed by atoms with van der Waals surface area (Å²) in [4.78, 5) is 2.60. The van der Waals surface area contributed by atoms with Gasteiger partial charge in [-0.3, -0.25) is 4.90 Å². The van der Waals surface area contributed by atoms with E-state index in [-0.39, 0.29) is 5.54 Å². The molecule has 1 aliphatic heterocycles. The van der Waals surface area contributed by atoms with Gasteiger partial charge in [-0.2, -0.15) is 0 Å². The van der Waals surface area contributed by atoms with Gasteiger partial charge in [0.05, 0.1) is 0 Å². The lowest BCUT2D eigenvalue weighted by atomic mass is 9.87. The van der Waals surface area contributed by atoms with Crippen LogP contribution < -0.4 is 5.32 Å². The van der Waals surface area contributed by atoms with Gasteiger partial charge in [0.25, 0.3) is 0 Å². The summed E-state index contributed by atoms with van der Waals surface area (Å²) in [5.41, 5.74) is 1.24. The lowest BCUT2D eigenvalue weighted by Crippen LogP contribution is -2.57. The molecule has 1 aromatic carbocycles. The summed E-state index contributed by atoms with van der Waals surface area (Å²) in [5, 5.41) is 5.21. The third-order valence-electron chi connectivity index (χ3n) is 4.66. The number of nitrogens with zero attached hydrogens (tertiary/aromatic N) is 1. The molecule has 2 nitrogen and oxygen atoms in total. The van der Waals surface area contributed by atoms with Gasteiger partial charge < -0.3 is 5.32 Å².